The van der Waals surface area contributed by atoms with E-state index in [4.69, 9.17) is 4.74 Å². The number of hydrogen-bond acceptors (Lipinski definition) is 6. The Balaban J connectivity index is 1.57. The highest BCUT2D eigenvalue weighted by molar-refractivity contribution is 6.08. The first kappa shape index (κ1) is 23.0. The lowest BCUT2D eigenvalue weighted by Gasteiger charge is -2.30. The number of methoxy groups -OCH3 is 1. The number of hydrogen-bond donors (Lipinski definition) is 2. The minimum absolute atomic E-state index is 0.0267. The molecule has 1 atom stereocenters. The van der Waals surface area contributed by atoms with Gasteiger partial charge in [-0.25, -0.2) is 14.5 Å². The van der Waals surface area contributed by atoms with Crippen LogP contribution >= 0.6 is 0 Å². The Kier molecular flexibility index (Phi) is 6.36. The second-order valence-electron chi connectivity index (χ2n) is 7.20. The number of ether oxygens (including phenoxy) is 2. The van der Waals surface area contributed by atoms with Crippen LogP contribution in [0.25, 0.3) is 5.82 Å². The number of fused-ring (bicyclic) bond motifs is 1. The van der Waals surface area contributed by atoms with E-state index in [1.165, 1.54) is 28.8 Å². The minimum Gasteiger partial charge on any atom is -0.406 e. The molecule has 2 aromatic heterocycles. The number of benzene rings is 1. The van der Waals surface area contributed by atoms with Gasteiger partial charge in [-0.2, -0.15) is 5.10 Å². The summed E-state index contributed by atoms with van der Waals surface area (Å²) in [5, 5.41) is 9.53. The average molecular weight is 476 g/mol. The number of aromatic nitrogens is 3. The van der Waals surface area contributed by atoms with Gasteiger partial charge in [0.25, 0.3) is 0 Å². The van der Waals surface area contributed by atoms with Gasteiger partial charge in [0.15, 0.2) is 11.6 Å². The third kappa shape index (κ3) is 5.26. The molecule has 0 fully saturated rings. The molecule has 4 rings (SSSR count). The Morgan fingerprint density at radius 1 is 1.24 bits per heavy atom. The highest BCUT2D eigenvalue weighted by Crippen LogP contribution is 2.29. The average Bonchev–Trinajstić information content (AvgIpc) is 3.32. The summed E-state index contributed by atoms with van der Waals surface area (Å²) in [6.07, 6.45) is -1.55. The molecule has 1 aliphatic rings. The molecule has 3 aromatic rings. The molecule has 0 spiro atoms. The summed E-state index contributed by atoms with van der Waals surface area (Å²) in [5.74, 6) is -0.148. The molecule has 1 unspecified atom stereocenters. The molecule has 2 N–H and O–H groups in total. The molecule has 0 saturated heterocycles. The summed E-state index contributed by atoms with van der Waals surface area (Å²) < 4.78 is 47.8. The lowest BCUT2D eigenvalue weighted by Crippen LogP contribution is -2.49. The Morgan fingerprint density at radius 2 is 2.00 bits per heavy atom. The molecule has 34 heavy (non-hydrogen) atoms. The third-order valence-corrected chi connectivity index (χ3v) is 4.82. The van der Waals surface area contributed by atoms with E-state index in [2.05, 4.69) is 25.5 Å². The zero-order valence-electron chi connectivity index (χ0n) is 17.7. The standard InChI is InChI=1S/C21H19F3N6O4/c1-33-12-16(13-3-5-14(6-4-13)34-21(22,23)24)27-20(32)29-11-18(31)26-15-7-8-17(28-19(15)29)30-10-2-9-25-30/h2-10,16H,11-12H2,1H3,(H,26,31)(H,27,32). The number of pyridine rings is 1. The smallest absolute Gasteiger partial charge is 0.406 e. The third-order valence-electron chi connectivity index (χ3n) is 4.82. The van der Waals surface area contributed by atoms with Gasteiger partial charge in [-0.3, -0.25) is 9.69 Å². The van der Waals surface area contributed by atoms with Crippen LogP contribution < -0.4 is 20.3 Å². The van der Waals surface area contributed by atoms with Gasteiger partial charge in [0.05, 0.1) is 18.3 Å². The Labute approximate surface area is 191 Å². The zero-order chi connectivity index (χ0) is 24.3. The fourth-order valence-electron chi connectivity index (χ4n) is 3.37. The van der Waals surface area contributed by atoms with Gasteiger partial charge in [-0.05, 0) is 35.9 Å². The molecule has 3 heterocycles. The number of rotatable bonds is 6. The number of amides is 3. The van der Waals surface area contributed by atoms with Gasteiger partial charge in [0.2, 0.25) is 5.91 Å². The summed E-state index contributed by atoms with van der Waals surface area (Å²) in [6.45, 7) is -0.259. The highest BCUT2D eigenvalue weighted by Gasteiger charge is 2.32. The maximum atomic E-state index is 13.2. The molecule has 0 bridgehead atoms. The molecule has 10 nitrogen and oxygen atoms in total. The first-order valence-electron chi connectivity index (χ1n) is 9.97. The molecule has 1 aliphatic heterocycles. The maximum absolute atomic E-state index is 13.2. The summed E-state index contributed by atoms with van der Waals surface area (Å²) >= 11 is 0. The van der Waals surface area contributed by atoms with Crippen LogP contribution in [0.5, 0.6) is 5.75 Å². The van der Waals surface area contributed by atoms with Gasteiger partial charge >= 0.3 is 12.4 Å². The van der Waals surface area contributed by atoms with Gasteiger partial charge in [0, 0.05) is 19.5 Å². The van der Waals surface area contributed by atoms with E-state index in [1.807, 2.05) is 0 Å². The largest absolute Gasteiger partial charge is 0.573 e. The fourth-order valence-corrected chi connectivity index (χ4v) is 3.37. The number of carbonyl (C=O) groups excluding carboxylic acids is 2. The Morgan fingerprint density at radius 3 is 2.65 bits per heavy atom. The minimum atomic E-state index is -4.81. The molecule has 0 aliphatic carbocycles. The van der Waals surface area contributed by atoms with E-state index in [1.54, 1.807) is 30.6 Å². The van der Waals surface area contributed by atoms with Crippen LogP contribution in [0.4, 0.5) is 29.5 Å². The predicted octanol–water partition coefficient (Wildman–Crippen LogP) is 3.02. The molecule has 13 heteroatoms. The molecule has 1 aromatic carbocycles. The molecule has 3 amide bonds. The summed E-state index contributed by atoms with van der Waals surface area (Å²) in [5.41, 5.74) is 0.823. The van der Waals surface area contributed by atoms with E-state index in [0.717, 1.165) is 12.1 Å². The van der Waals surface area contributed by atoms with Gasteiger partial charge < -0.3 is 20.1 Å². The molecular weight excluding hydrogens is 457 g/mol. The van der Waals surface area contributed by atoms with Crippen LogP contribution in [0, 0.1) is 0 Å². The van der Waals surface area contributed by atoms with Crippen LogP contribution in [-0.4, -0.2) is 53.3 Å². The first-order chi connectivity index (χ1) is 16.2. The van der Waals surface area contributed by atoms with Gasteiger partial charge in [-0.15, -0.1) is 13.2 Å². The molecular formula is C21H19F3N6O4. The second kappa shape index (κ2) is 9.39. The highest BCUT2D eigenvalue weighted by atomic mass is 19.4. The molecule has 0 radical (unpaired) electrons. The summed E-state index contributed by atoms with van der Waals surface area (Å²) in [4.78, 5) is 31.0. The van der Waals surface area contributed by atoms with E-state index in [-0.39, 0.29) is 19.0 Å². The topological polar surface area (TPSA) is 111 Å². The first-order valence-corrected chi connectivity index (χ1v) is 9.97. The SMILES string of the molecule is COCC(NC(=O)N1CC(=O)Nc2ccc(-n3cccn3)nc21)c1ccc(OC(F)(F)F)cc1. The number of carbonyl (C=O) groups is 2. The van der Waals surface area contributed by atoms with Crippen LogP contribution in [0.3, 0.4) is 0 Å². The number of urea groups is 1. The number of halogens is 3. The van der Waals surface area contributed by atoms with Crippen molar-refractivity contribution in [3.63, 3.8) is 0 Å². The van der Waals surface area contributed by atoms with Crippen molar-refractivity contribution in [2.45, 2.75) is 12.4 Å². The van der Waals surface area contributed by atoms with E-state index in [9.17, 15) is 22.8 Å². The summed E-state index contributed by atoms with van der Waals surface area (Å²) in [6, 6.07) is 8.66. The van der Waals surface area contributed by atoms with Gasteiger partial charge in [0.1, 0.15) is 12.3 Å². The van der Waals surface area contributed by atoms with Crippen LogP contribution in [0.15, 0.2) is 54.9 Å². The normalized spacial score (nSPS) is 14.2. The van der Waals surface area contributed by atoms with Crippen molar-refractivity contribution in [3.05, 3.63) is 60.4 Å². The van der Waals surface area contributed by atoms with Crippen molar-refractivity contribution >= 4 is 23.4 Å². The quantitative estimate of drug-likeness (QED) is 0.566. The van der Waals surface area contributed by atoms with Crippen molar-refractivity contribution < 1.29 is 32.2 Å². The lowest BCUT2D eigenvalue weighted by molar-refractivity contribution is -0.274. The van der Waals surface area contributed by atoms with Crippen LogP contribution in [-0.2, 0) is 9.53 Å². The summed E-state index contributed by atoms with van der Waals surface area (Å²) in [7, 11) is 1.42. The van der Waals surface area contributed by atoms with Crippen molar-refractivity contribution in [2.24, 2.45) is 0 Å². The van der Waals surface area contributed by atoms with Crippen molar-refractivity contribution in [1.29, 1.82) is 0 Å². The lowest BCUT2D eigenvalue weighted by atomic mass is 10.1. The van der Waals surface area contributed by atoms with Crippen molar-refractivity contribution in [2.75, 3.05) is 30.5 Å². The Bertz CT molecular complexity index is 1170. The predicted molar refractivity (Wildman–Crippen MR) is 114 cm³/mol. The van der Waals surface area contributed by atoms with E-state index >= 15 is 0 Å². The zero-order valence-corrected chi connectivity index (χ0v) is 17.7. The van der Waals surface area contributed by atoms with Crippen LogP contribution in [0.1, 0.15) is 11.6 Å². The van der Waals surface area contributed by atoms with E-state index in [0.29, 0.717) is 17.1 Å². The Hall–Kier alpha value is -4.13. The van der Waals surface area contributed by atoms with Crippen molar-refractivity contribution in [1.82, 2.24) is 20.1 Å². The van der Waals surface area contributed by atoms with Gasteiger partial charge in [-0.1, -0.05) is 12.1 Å². The fraction of sp³-hybridized carbons (Fsp3) is 0.238. The van der Waals surface area contributed by atoms with Crippen molar-refractivity contribution in [3.8, 4) is 11.6 Å². The monoisotopic (exact) mass is 476 g/mol. The number of alkyl halides is 3. The number of anilines is 2. The second-order valence-corrected chi connectivity index (χ2v) is 7.20. The maximum Gasteiger partial charge on any atom is 0.573 e. The number of nitrogens with zero attached hydrogens (tertiary/aromatic N) is 4. The molecule has 178 valence electrons. The molecule has 0 saturated carbocycles. The number of nitrogens with one attached hydrogen (secondary N) is 2. The van der Waals surface area contributed by atoms with E-state index < -0.39 is 30.1 Å². The van der Waals surface area contributed by atoms with Crippen LogP contribution in [0.2, 0.25) is 0 Å².